The van der Waals surface area contributed by atoms with Gasteiger partial charge >= 0.3 is 0 Å². The van der Waals surface area contributed by atoms with E-state index in [9.17, 15) is 0 Å². The van der Waals surface area contributed by atoms with E-state index < -0.39 is 0 Å². The van der Waals surface area contributed by atoms with Crippen LogP contribution in [0.5, 0.6) is 0 Å². The van der Waals surface area contributed by atoms with E-state index in [2.05, 4.69) is 123 Å². The number of aromatic nitrogens is 7. The second kappa shape index (κ2) is 11.3. The predicted molar refractivity (Wildman–Crippen MR) is 201 cm³/mol. The van der Waals surface area contributed by atoms with Crippen molar-refractivity contribution in [3.05, 3.63) is 158 Å². The van der Waals surface area contributed by atoms with Crippen LogP contribution in [0.1, 0.15) is 0 Å². The van der Waals surface area contributed by atoms with Crippen molar-refractivity contribution in [2.24, 2.45) is 0 Å². The van der Waals surface area contributed by atoms with E-state index in [4.69, 9.17) is 15.0 Å². The van der Waals surface area contributed by atoms with Crippen molar-refractivity contribution < 1.29 is 0 Å². The molecule has 0 spiro atoms. The van der Waals surface area contributed by atoms with Gasteiger partial charge in [0.25, 0.3) is 0 Å². The molecule has 10 aromatic rings. The van der Waals surface area contributed by atoms with Crippen molar-refractivity contribution in [2.45, 2.75) is 0 Å². The van der Waals surface area contributed by atoms with Crippen LogP contribution in [0.4, 0.5) is 0 Å². The molecule has 5 aromatic heterocycles. The smallest absolute Gasteiger partial charge is 0.182 e. The van der Waals surface area contributed by atoms with Gasteiger partial charge in [-0.2, -0.15) is 0 Å². The Morgan fingerprint density at radius 3 is 1.78 bits per heavy atom. The summed E-state index contributed by atoms with van der Waals surface area (Å²) in [5, 5.41) is 4.85. The van der Waals surface area contributed by atoms with Crippen LogP contribution in [0.15, 0.2) is 158 Å². The van der Waals surface area contributed by atoms with Crippen LogP contribution in [0.25, 0.3) is 94.9 Å². The first kappa shape index (κ1) is 28.1. The number of hydrogen-bond donors (Lipinski definition) is 1. The van der Waals surface area contributed by atoms with Crippen molar-refractivity contribution in [3.8, 4) is 51.2 Å². The summed E-state index contributed by atoms with van der Waals surface area (Å²) in [5.41, 5.74) is 10.1. The second-order valence-corrected chi connectivity index (χ2v) is 12.3. The topological polar surface area (TPSA) is 85.2 Å². The van der Waals surface area contributed by atoms with E-state index in [0.29, 0.717) is 28.9 Å². The zero-order valence-corrected chi connectivity index (χ0v) is 26.7. The molecule has 5 aromatic carbocycles. The Kier molecular flexibility index (Phi) is 6.35. The van der Waals surface area contributed by atoms with Gasteiger partial charge in [0.1, 0.15) is 11.4 Å². The Morgan fingerprint density at radius 2 is 1.02 bits per heavy atom. The van der Waals surface area contributed by atoms with Crippen LogP contribution >= 0.6 is 0 Å². The molecule has 5 heterocycles. The maximum atomic E-state index is 4.90. The first-order valence-corrected chi connectivity index (χ1v) is 16.5. The Labute approximate surface area is 286 Å². The van der Waals surface area contributed by atoms with Gasteiger partial charge in [-0.3, -0.25) is 9.97 Å². The van der Waals surface area contributed by atoms with Crippen LogP contribution in [-0.4, -0.2) is 34.5 Å². The third kappa shape index (κ3) is 4.64. The van der Waals surface area contributed by atoms with Crippen molar-refractivity contribution >= 4 is 43.6 Å². The van der Waals surface area contributed by atoms with Crippen molar-refractivity contribution in [3.63, 3.8) is 0 Å². The highest BCUT2D eigenvalue weighted by atomic mass is 15.1. The number of aromatic amines is 1. The van der Waals surface area contributed by atoms with E-state index in [-0.39, 0.29) is 0 Å². The summed E-state index contributed by atoms with van der Waals surface area (Å²) in [6.07, 6.45) is 3.49. The lowest BCUT2D eigenvalue weighted by Gasteiger charge is -2.11. The number of rotatable bonds is 5. The molecule has 1 N–H and O–H groups in total. The van der Waals surface area contributed by atoms with E-state index in [0.717, 1.165) is 33.3 Å². The molecule has 0 amide bonds. The zero-order chi connectivity index (χ0) is 33.0. The summed E-state index contributed by atoms with van der Waals surface area (Å²) >= 11 is 0. The lowest BCUT2D eigenvalue weighted by Crippen LogP contribution is -2.02. The average molecular weight is 642 g/mol. The molecule has 7 nitrogen and oxygen atoms in total. The monoisotopic (exact) mass is 641 g/mol. The highest BCUT2D eigenvalue weighted by Gasteiger charge is 2.17. The Hall–Kier alpha value is -6.99. The van der Waals surface area contributed by atoms with Crippen LogP contribution in [-0.2, 0) is 0 Å². The normalized spacial score (nSPS) is 11.6. The standard InChI is InChI=1S/C43H27N7/c1-3-14-35-31(12-1)33-25-27(18-20-36(33)46-35)28-19-21-40-34(26-28)32-13-2-4-17-39(32)50(40)30-11-9-10-29(24-30)41-47-42(37-15-5-7-22-44-37)49-43(48-41)38-16-6-8-23-45-38/h1-26,46H. The van der Waals surface area contributed by atoms with E-state index in [1.165, 1.54) is 32.7 Å². The van der Waals surface area contributed by atoms with Crippen molar-refractivity contribution in [1.29, 1.82) is 0 Å². The van der Waals surface area contributed by atoms with Gasteiger partial charge in [0.15, 0.2) is 17.5 Å². The van der Waals surface area contributed by atoms with Crippen LogP contribution in [0.2, 0.25) is 0 Å². The molecule has 234 valence electrons. The largest absolute Gasteiger partial charge is 0.355 e. The summed E-state index contributed by atoms with van der Waals surface area (Å²) < 4.78 is 2.32. The third-order valence-corrected chi connectivity index (χ3v) is 9.30. The van der Waals surface area contributed by atoms with Gasteiger partial charge in [0.2, 0.25) is 0 Å². The Bertz CT molecular complexity index is 2820. The molecule has 0 unspecified atom stereocenters. The molecule has 0 radical (unpaired) electrons. The number of pyridine rings is 2. The first-order valence-electron chi connectivity index (χ1n) is 16.5. The minimum absolute atomic E-state index is 0.497. The lowest BCUT2D eigenvalue weighted by molar-refractivity contribution is 1.04. The van der Waals surface area contributed by atoms with Crippen molar-refractivity contribution in [1.82, 2.24) is 34.5 Å². The highest BCUT2D eigenvalue weighted by Crippen LogP contribution is 2.37. The highest BCUT2D eigenvalue weighted by molar-refractivity contribution is 6.12. The second-order valence-electron chi connectivity index (χ2n) is 12.3. The summed E-state index contributed by atoms with van der Waals surface area (Å²) in [6.45, 7) is 0. The molecule has 7 heteroatoms. The van der Waals surface area contributed by atoms with Gasteiger partial charge < -0.3 is 9.55 Å². The third-order valence-electron chi connectivity index (χ3n) is 9.30. The molecule has 0 aliphatic carbocycles. The molecule has 0 fully saturated rings. The molecular formula is C43H27N7. The predicted octanol–water partition coefficient (Wildman–Crippen LogP) is 10.1. The molecule has 0 saturated heterocycles. The van der Waals surface area contributed by atoms with E-state index in [1.54, 1.807) is 12.4 Å². The quantitative estimate of drug-likeness (QED) is 0.202. The van der Waals surface area contributed by atoms with Gasteiger partial charge in [-0.05, 0) is 83.9 Å². The van der Waals surface area contributed by atoms with E-state index in [1.807, 2.05) is 42.5 Å². The van der Waals surface area contributed by atoms with E-state index >= 15 is 0 Å². The molecule has 0 aliphatic rings. The molecule has 50 heavy (non-hydrogen) atoms. The Balaban J connectivity index is 1.12. The number of nitrogens with one attached hydrogen (secondary N) is 1. The van der Waals surface area contributed by atoms with Gasteiger partial charge in [-0.15, -0.1) is 0 Å². The summed E-state index contributed by atoms with van der Waals surface area (Å²) in [5.74, 6) is 1.55. The maximum absolute atomic E-state index is 4.90. The molecule has 10 rings (SSSR count). The average Bonchev–Trinajstić information content (AvgIpc) is 3.73. The minimum atomic E-state index is 0.497. The van der Waals surface area contributed by atoms with Gasteiger partial charge in [-0.25, -0.2) is 15.0 Å². The van der Waals surface area contributed by atoms with Crippen molar-refractivity contribution in [2.75, 3.05) is 0 Å². The minimum Gasteiger partial charge on any atom is -0.355 e. The molecular weight excluding hydrogens is 615 g/mol. The van der Waals surface area contributed by atoms with Gasteiger partial charge in [0, 0.05) is 56.2 Å². The van der Waals surface area contributed by atoms with Gasteiger partial charge in [0.05, 0.1) is 11.0 Å². The Morgan fingerprint density at radius 1 is 0.400 bits per heavy atom. The summed E-state index contributed by atoms with van der Waals surface area (Å²) in [4.78, 5) is 27.2. The number of para-hydroxylation sites is 2. The van der Waals surface area contributed by atoms with Crippen LogP contribution in [0.3, 0.4) is 0 Å². The van der Waals surface area contributed by atoms with Crippen LogP contribution in [0, 0.1) is 0 Å². The zero-order valence-electron chi connectivity index (χ0n) is 26.7. The lowest BCUT2D eigenvalue weighted by atomic mass is 10.0. The first-order chi connectivity index (χ1) is 24.8. The molecule has 0 bridgehead atoms. The number of hydrogen-bond acceptors (Lipinski definition) is 5. The maximum Gasteiger partial charge on any atom is 0.182 e. The summed E-state index contributed by atoms with van der Waals surface area (Å²) in [7, 11) is 0. The number of fused-ring (bicyclic) bond motifs is 6. The SMILES string of the molecule is c1ccc(-c2nc(-c3cccc(-n4c5ccccc5c5cc(-c6ccc7[nH]c8ccccc8c7c6)ccc54)c3)nc(-c3ccccn3)n2)nc1. The van der Waals surface area contributed by atoms with Gasteiger partial charge in [-0.1, -0.05) is 72.8 Å². The number of H-pyrrole nitrogens is 1. The molecule has 0 saturated carbocycles. The fourth-order valence-corrected chi connectivity index (χ4v) is 6.97. The number of benzene rings is 5. The van der Waals surface area contributed by atoms with Crippen LogP contribution < -0.4 is 0 Å². The molecule has 0 aliphatic heterocycles. The number of nitrogens with zero attached hydrogens (tertiary/aromatic N) is 6. The summed E-state index contributed by atoms with van der Waals surface area (Å²) in [6, 6.07) is 50.3. The fraction of sp³-hybridized carbons (Fsp3) is 0. The fourth-order valence-electron chi connectivity index (χ4n) is 6.97. The molecule has 0 atom stereocenters.